The van der Waals surface area contributed by atoms with Crippen molar-refractivity contribution in [3.8, 4) is 0 Å². The number of benzene rings is 1. The number of nitro groups is 1. The topological polar surface area (TPSA) is 124 Å². The molecular formula is C12H11ClN4O4. The van der Waals surface area contributed by atoms with Gasteiger partial charge in [-0.3, -0.25) is 14.9 Å². The Morgan fingerprint density at radius 3 is 2.86 bits per heavy atom. The van der Waals surface area contributed by atoms with Crippen LogP contribution in [0.15, 0.2) is 22.7 Å². The number of hydrogen-bond acceptors (Lipinski definition) is 6. The molecule has 0 atom stereocenters. The lowest BCUT2D eigenvalue weighted by Gasteiger charge is -2.07. The molecule has 2 aromatic rings. The Labute approximate surface area is 124 Å². The quantitative estimate of drug-likeness (QED) is 0.506. The van der Waals surface area contributed by atoms with Gasteiger partial charge in [0.1, 0.15) is 5.76 Å². The van der Waals surface area contributed by atoms with Gasteiger partial charge in [0.25, 0.3) is 11.6 Å². The highest BCUT2D eigenvalue weighted by Crippen LogP contribution is 2.28. The third-order valence-corrected chi connectivity index (χ3v) is 2.95. The molecule has 3 N–H and O–H groups in total. The summed E-state index contributed by atoms with van der Waals surface area (Å²) >= 11 is 5.79. The zero-order chi connectivity index (χ0) is 15.6. The van der Waals surface area contributed by atoms with Crippen molar-refractivity contribution >= 4 is 28.9 Å². The van der Waals surface area contributed by atoms with Crippen LogP contribution in [0.3, 0.4) is 0 Å². The third-order valence-electron chi connectivity index (χ3n) is 2.64. The molecule has 1 aromatic heterocycles. The Balaban J connectivity index is 2.20. The SMILES string of the molecule is Cc1cnc(CNC(=O)c2cc([N+](=O)[O-])cc(Cl)c2N)o1. The summed E-state index contributed by atoms with van der Waals surface area (Å²) in [4.78, 5) is 26.1. The molecule has 0 fully saturated rings. The molecule has 0 radical (unpaired) electrons. The van der Waals surface area contributed by atoms with Crippen LogP contribution in [-0.4, -0.2) is 15.8 Å². The summed E-state index contributed by atoms with van der Waals surface area (Å²) in [5, 5.41) is 13.2. The van der Waals surface area contributed by atoms with Gasteiger partial charge in [-0.2, -0.15) is 0 Å². The number of oxazole rings is 1. The van der Waals surface area contributed by atoms with Crippen LogP contribution in [0, 0.1) is 17.0 Å². The van der Waals surface area contributed by atoms with Crippen LogP contribution in [0.1, 0.15) is 22.0 Å². The van der Waals surface area contributed by atoms with Gasteiger partial charge in [-0.1, -0.05) is 11.6 Å². The standard InChI is InChI=1S/C12H11ClN4O4/c1-6-4-15-10(21-6)5-16-12(18)8-2-7(17(19)20)3-9(13)11(8)14/h2-4H,5,14H2,1H3,(H,16,18). The number of nitro benzene ring substituents is 1. The Kier molecular flexibility index (Phi) is 4.08. The van der Waals surface area contributed by atoms with Gasteiger partial charge in [-0.25, -0.2) is 4.98 Å². The largest absolute Gasteiger partial charge is 0.444 e. The van der Waals surface area contributed by atoms with E-state index in [9.17, 15) is 14.9 Å². The zero-order valence-electron chi connectivity index (χ0n) is 10.9. The number of halogens is 1. The summed E-state index contributed by atoms with van der Waals surface area (Å²) in [5.41, 5.74) is 5.26. The number of amides is 1. The molecular weight excluding hydrogens is 300 g/mol. The zero-order valence-corrected chi connectivity index (χ0v) is 11.7. The second kappa shape index (κ2) is 5.80. The lowest BCUT2D eigenvalue weighted by Crippen LogP contribution is -2.24. The minimum Gasteiger partial charge on any atom is -0.444 e. The number of rotatable bonds is 4. The van der Waals surface area contributed by atoms with Crippen LogP contribution in [0.25, 0.3) is 0 Å². The second-order valence-corrected chi connectivity index (χ2v) is 4.60. The molecule has 0 spiro atoms. The number of hydrogen-bond donors (Lipinski definition) is 2. The van der Waals surface area contributed by atoms with E-state index in [0.29, 0.717) is 11.7 Å². The molecule has 8 nitrogen and oxygen atoms in total. The summed E-state index contributed by atoms with van der Waals surface area (Å²) in [6, 6.07) is 2.16. The van der Waals surface area contributed by atoms with Gasteiger partial charge in [0, 0.05) is 12.1 Å². The van der Waals surface area contributed by atoms with E-state index in [1.807, 2.05) is 0 Å². The molecule has 9 heteroatoms. The lowest BCUT2D eigenvalue weighted by atomic mass is 10.1. The number of nitrogens with one attached hydrogen (secondary N) is 1. The van der Waals surface area contributed by atoms with Crippen LogP contribution < -0.4 is 11.1 Å². The second-order valence-electron chi connectivity index (χ2n) is 4.19. The fourth-order valence-corrected chi connectivity index (χ4v) is 1.84. The molecule has 0 saturated carbocycles. The van der Waals surface area contributed by atoms with E-state index >= 15 is 0 Å². The number of anilines is 1. The summed E-state index contributed by atoms with van der Waals surface area (Å²) in [5.74, 6) is 0.321. The van der Waals surface area contributed by atoms with E-state index < -0.39 is 10.8 Å². The number of nitrogens with two attached hydrogens (primary N) is 1. The normalized spacial score (nSPS) is 10.4. The maximum Gasteiger partial charge on any atom is 0.271 e. The molecule has 0 aliphatic rings. The number of aromatic nitrogens is 1. The first-order chi connectivity index (χ1) is 9.88. The van der Waals surface area contributed by atoms with E-state index in [1.54, 1.807) is 6.92 Å². The molecule has 0 unspecified atom stereocenters. The van der Waals surface area contributed by atoms with Gasteiger partial charge in [-0.05, 0) is 6.92 Å². The number of carbonyl (C=O) groups is 1. The van der Waals surface area contributed by atoms with E-state index in [1.165, 1.54) is 6.20 Å². The van der Waals surface area contributed by atoms with Crippen LogP contribution >= 0.6 is 11.6 Å². The number of nitrogen functional groups attached to an aromatic ring is 1. The maximum absolute atomic E-state index is 12.0. The first kappa shape index (κ1) is 14.8. The summed E-state index contributed by atoms with van der Waals surface area (Å²) < 4.78 is 5.19. The highest BCUT2D eigenvalue weighted by atomic mass is 35.5. The van der Waals surface area contributed by atoms with Crippen molar-refractivity contribution in [2.24, 2.45) is 0 Å². The number of carbonyl (C=O) groups excluding carboxylic acids is 1. The minimum atomic E-state index is -0.653. The van der Waals surface area contributed by atoms with Crippen LogP contribution in [0.2, 0.25) is 5.02 Å². The smallest absolute Gasteiger partial charge is 0.271 e. The van der Waals surface area contributed by atoms with Crippen LogP contribution in [0.4, 0.5) is 11.4 Å². The van der Waals surface area contributed by atoms with Gasteiger partial charge >= 0.3 is 0 Å². The average molecular weight is 311 g/mol. The van der Waals surface area contributed by atoms with Crippen molar-refractivity contribution in [3.05, 3.63) is 50.7 Å². The van der Waals surface area contributed by atoms with Gasteiger partial charge in [0.05, 0.1) is 33.9 Å². The van der Waals surface area contributed by atoms with Crippen molar-refractivity contribution in [3.63, 3.8) is 0 Å². The molecule has 110 valence electrons. The molecule has 0 aliphatic heterocycles. The first-order valence-electron chi connectivity index (χ1n) is 5.81. The number of aryl methyl sites for hydroxylation is 1. The lowest BCUT2D eigenvalue weighted by molar-refractivity contribution is -0.384. The maximum atomic E-state index is 12.0. The minimum absolute atomic E-state index is 0.0247. The average Bonchev–Trinajstić information content (AvgIpc) is 2.84. The Hall–Kier alpha value is -2.61. The van der Waals surface area contributed by atoms with E-state index in [-0.39, 0.29) is 28.5 Å². The number of non-ortho nitro benzene ring substituents is 1. The van der Waals surface area contributed by atoms with Gasteiger partial charge in [0.2, 0.25) is 5.89 Å². The molecule has 1 heterocycles. The number of nitrogens with zero attached hydrogens (tertiary/aromatic N) is 2. The van der Waals surface area contributed by atoms with E-state index in [2.05, 4.69) is 10.3 Å². The van der Waals surface area contributed by atoms with Crippen molar-refractivity contribution < 1.29 is 14.1 Å². The molecule has 0 saturated heterocycles. The Morgan fingerprint density at radius 1 is 1.57 bits per heavy atom. The predicted molar refractivity (Wildman–Crippen MR) is 74.9 cm³/mol. The summed E-state index contributed by atoms with van der Waals surface area (Å²) in [6.07, 6.45) is 1.51. The van der Waals surface area contributed by atoms with E-state index in [4.69, 9.17) is 21.8 Å². The predicted octanol–water partition coefficient (Wildman–Crippen LogP) is 2.06. The molecule has 1 amide bonds. The highest BCUT2D eigenvalue weighted by Gasteiger charge is 2.19. The third kappa shape index (κ3) is 3.29. The van der Waals surface area contributed by atoms with Gasteiger partial charge < -0.3 is 15.5 Å². The van der Waals surface area contributed by atoms with Crippen molar-refractivity contribution in [2.45, 2.75) is 13.5 Å². The fourth-order valence-electron chi connectivity index (χ4n) is 1.63. The highest BCUT2D eigenvalue weighted by molar-refractivity contribution is 6.34. The summed E-state index contributed by atoms with van der Waals surface area (Å²) in [6.45, 7) is 1.75. The van der Waals surface area contributed by atoms with Crippen LogP contribution in [0.5, 0.6) is 0 Å². The Morgan fingerprint density at radius 2 is 2.29 bits per heavy atom. The Bertz CT molecular complexity index is 713. The first-order valence-corrected chi connectivity index (χ1v) is 6.19. The fraction of sp³-hybridized carbons (Fsp3) is 0.167. The molecule has 2 rings (SSSR count). The van der Waals surface area contributed by atoms with Crippen molar-refractivity contribution in [2.75, 3.05) is 5.73 Å². The van der Waals surface area contributed by atoms with Crippen LogP contribution in [-0.2, 0) is 6.54 Å². The molecule has 0 aliphatic carbocycles. The summed E-state index contributed by atoms with van der Waals surface area (Å²) in [7, 11) is 0. The monoisotopic (exact) mass is 310 g/mol. The van der Waals surface area contributed by atoms with Gasteiger partial charge in [0.15, 0.2) is 0 Å². The molecule has 0 bridgehead atoms. The van der Waals surface area contributed by atoms with Gasteiger partial charge in [-0.15, -0.1) is 0 Å². The molecule has 1 aromatic carbocycles. The van der Waals surface area contributed by atoms with Crippen molar-refractivity contribution in [1.82, 2.24) is 10.3 Å². The van der Waals surface area contributed by atoms with E-state index in [0.717, 1.165) is 12.1 Å². The molecule has 21 heavy (non-hydrogen) atoms. The van der Waals surface area contributed by atoms with Crippen molar-refractivity contribution in [1.29, 1.82) is 0 Å².